The smallest absolute Gasteiger partial charge is 0.0629 e. The van der Waals surface area contributed by atoms with Gasteiger partial charge in [0.1, 0.15) is 0 Å². The molecule has 1 rings (SSSR count). The molecule has 0 aromatic carbocycles. The predicted molar refractivity (Wildman–Crippen MR) is 80.6 cm³/mol. The van der Waals surface area contributed by atoms with E-state index in [0.29, 0.717) is 0 Å². The first-order valence-corrected chi connectivity index (χ1v) is 7.65. The van der Waals surface area contributed by atoms with Gasteiger partial charge in [-0.05, 0) is 19.4 Å². The molecule has 1 atom stereocenters. The summed E-state index contributed by atoms with van der Waals surface area (Å²) in [7, 11) is 1.98. The van der Waals surface area contributed by atoms with Gasteiger partial charge in [-0.15, -0.1) is 0 Å². The molecule has 1 unspecified atom stereocenters. The largest absolute Gasteiger partial charge is 0.271 e. The molecule has 0 spiro atoms. The lowest BCUT2D eigenvalue weighted by atomic mass is 10.0. The predicted octanol–water partition coefficient (Wildman–Crippen LogP) is 3.37. The minimum absolute atomic E-state index is 0.224. The second-order valence-electron chi connectivity index (χ2n) is 5.46. The summed E-state index contributed by atoms with van der Waals surface area (Å²) < 4.78 is 1.93. The summed E-state index contributed by atoms with van der Waals surface area (Å²) >= 11 is 0. The molecule has 0 saturated carbocycles. The summed E-state index contributed by atoms with van der Waals surface area (Å²) in [5, 5.41) is 4.38. The van der Waals surface area contributed by atoms with E-state index in [-0.39, 0.29) is 6.04 Å². The molecule has 4 nitrogen and oxygen atoms in total. The van der Waals surface area contributed by atoms with E-state index in [4.69, 9.17) is 5.84 Å². The lowest BCUT2D eigenvalue weighted by Gasteiger charge is -2.15. The summed E-state index contributed by atoms with van der Waals surface area (Å²) in [6, 6.07) is 2.34. The number of hydrogen-bond acceptors (Lipinski definition) is 3. The Bertz CT molecular complexity index is 346. The fourth-order valence-electron chi connectivity index (χ4n) is 2.58. The average Bonchev–Trinajstić information content (AvgIpc) is 2.72. The number of aryl methyl sites for hydroxylation is 2. The number of nitrogens with zero attached hydrogens (tertiary/aromatic N) is 2. The van der Waals surface area contributed by atoms with E-state index in [9.17, 15) is 0 Å². The molecule has 0 bridgehead atoms. The average molecular weight is 266 g/mol. The number of hydrazine groups is 1. The lowest BCUT2D eigenvalue weighted by molar-refractivity contribution is 0.451. The van der Waals surface area contributed by atoms with Crippen LogP contribution in [0.3, 0.4) is 0 Å². The summed E-state index contributed by atoms with van der Waals surface area (Å²) in [5.41, 5.74) is 5.16. The first-order chi connectivity index (χ1) is 9.19. The number of aromatic nitrogens is 2. The van der Waals surface area contributed by atoms with Crippen molar-refractivity contribution in [2.75, 3.05) is 0 Å². The minimum atomic E-state index is 0.224. The van der Waals surface area contributed by atoms with E-state index < -0.39 is 0 Å². The second kappa shape index (κ2) is 9.10. The lowest BCUT2D eigenvalue weighted by Crippen LogP contribution is -2.29. The maximum Gasteiger partial charge on any atom is 0.0629 e. The fourth-order valence-corrected chi connectivity index (χ4v) is 2.58. The van der Waals surface area contributed by atoms with Crippen molar-refractivity contribution in [2.24, 2.45) is 12.9 Å². The van der Waals surface area contributed by atoms with Crippen molar-refractivity contribution in [3.8, 4) is 0 Å². The number of nitrogens with two attached hydrogens (primary N) is 1. The fraction of sp³-hybridized carbons (Fsp3) is 0.800. The summed E-state index contributed by atoms with van der Waals surface area (Å²) in [4.78, 5) is 0. The number of nitrogens with one attached hydrogen (secondary N) is 1. The molecule has 3 N–H and O–H groups in total. The van der Waals surface area contributed by atoms with Gasteiger partial charge in [0.25, 0.3) is 0 Å². The van der Waals surface area contributed by atoms with Gasteiger partial charge in [-0.2, -0.15) is 5.10 Å². The summed E-state index contributed by atoms with van der Waals surface area (Å²) in [6.45, 7) is 4.28. The monoisotopic (exact) mass is 266 g/mol. The Kier molecular flexibility index (Phi) is 7.75. The highest BCUT2D eigenvalue weighted by molar-refractivity contribution is 5.12. The highest BCUT2D eigenvalue weighted by atomic mass is 15.3. The van der Waals surface area contributed by atoms with Crippen molar-refractivity contribution in [2.45, 2.75) is 71.3 Å². The van der Waals surface area contributed by atoms with Crippen molar-refractivity contribution in [3.05, 3.63) is 17.5 Å². The third kappa shape index (κ3) is 5.74. The zero-order chi connectivity index (χ0) is 14.1. The Morgan fingerprint density at radius 3 is 2.37 bits per heavy atom. The maximum absolute atomic E-state index is 5.67. The van der Waals surface area contributed by atoms with E-state index in [2.05, 4.69) is 23.5 Å². The molecule has 0 amide bonds. The zero-order valence-electron chi connectivity index (χ0n) is 12.8. The Morgan fingerprint density at radius 2 is 1.84 bits per heavy atom. The molecule has 0 saturated heterocycles. The number of unbranched alkanes of at least 4 members (excludes halogenated alkanes) is 6. The van der Waals surface area contributed by atoms with Crippen LogP contribution in [0, 0.1) is 6.92 Å². The Morgan fingerprint density at radius 1 is 1.21 bits per heavy atom. The van der Waals surface area contributed by atoms with Crippen LogP contribution in [-0.4, -0.2) is 9.78 Å². The highest BCUT2D eigenvalue weighted by Gasteiger charge is 2.13. The van der Waals surface area contributed by atoms with Crippen LogP contribution in [0.5, 0.6) is 0 Å². The van der Waals surface area contributed by atoms with Gasteiger partial charge < -0.3 is 0 Å². The molecular weight excluding hydrogens is 236 g/mol. The topological polar surface area (TPSA) is 55.9 Å². The van der Waals surface area contributed by atoms with Crippen LogP contribution < -0.4 is 11.3 Å². The molecule has 0 aliphatic rings. The summed E-state index contributed by atoms with van der Waals surface area (Å²) in [5.74, 6) is 5.67. The van der Waals surface area contributed by atoms with Gasteiger partial charge in [0.05, 0.1) is 17.4 Å². The molecule has 4 heteroatoms. The first kappa shape index (κ1) is 16.2. The Balaban J connectivity index is 2.24. The van der Waals surface area contributed by atoms with Crippen LogP contribution in [0.25, 0.3) is 0 Å². The van der Waals surface area contributed by atoms with Crippen LogP contribution >= 0.6 is 0 Å². The molecule has 0 radical (unpaired) electrons. The molecule has 19 heavy (non-hydrogen) atoms. The van der Waals surface area contributed by atoms with Gasteiger partial charge in [-0.1, -0.05) is 51.9 Å². The molecule has 0 aliphatic carbocycles. The molecule has 0 fully saturated rings. The Hall–Kier alpha value is -0.870. The van der Waals surface area contributed by atoms with E-state index in [1.54, 1.807) is 0 Å². The van der Waals surface area contributed by atoms with Crippen molar-refractivity contribution in [1.82, 2.24) is 15.2 Å². The van der Waals surface area contributed by atoms with Crippen molar-refractivity contribution >= 4 is 0 Å². The third-order valence-electron chi connectivity index (χ3n) is 3.69. The number of hydrogen-bond donors (Lipinski definition) is 2. The Labute approximate surface area is 117 Å². The van der Waals surface area contributed by atoms with E-state index >= 15 is 0 Å². The van der Waals surface area contributed by atoms with E-state index in [1.807, 2.05) is 18.7 Å². The summed E-state index contributed by atoms with van der Waals surface area (Å²) in [6.07, 6.45) is 10.4. The number of rotatable bonds is 10. The highest BCUT2D eigenvalue weighted by Crippen LogP contribution is 2.20. The van der Waals surface area contributed by atoms with Crippen LogP contribution in [-0.2, 0) is 7.05 Å². The minimum Gasteiger partial charge on any atom is -0.271 e. The van der Waals surface area contributed by atoms with Gasteiger partial charge >= 0.3 is 0 Å². The van der Waals surface area contributed by atoms with E-state index in [1.165, 1.54) is 50.6 Å². The van der Waals surface area contributed by atoms with Gasteiger partial charge in [-0.25, -0.2) is 0 Å². The molecule has 0 aliphatic heterocycles. The molecule has 110 valence electrons. The van der Waals surface area contributed by atoms with Crippen molar-refractivity contribution < 1.29 is 0 Å². The van der Waals surface area contributed by atoms with E-state index in [0.717, 1.165) is 12.1 Å². The normalized spacial score (nSPS) is 12.8. The van der Waals surface area contributed by atoms with Crippen LogP contribution in [0.1, 0.15) is 75.7 Å². The van der Waals surface area contributed by atoms with Gasteiger partial charge in [0.15, 0.2) is 0 Å². The van der Waals surface area contributed by atoms with Crippen LogP contribution in [0.2, 0.25) is 0 Å². The SMILES string of the molecule is CCCCCCCCCC(NN)c1cc(C)nn1C. The third-order valence-corrected chi connectivity index (χ3v) is 3.69. The zero-order valence-corrected chi connectivity index (χ0v) is 12.8. The van der Waals surface area contributed by atoms with Crippen LogP contribution in [0.15, 0.2) is 6.07 Å². The van der Waals surface area contributed by atoms with Crippen LogP contribution in [0.4, 0.5) is 0 Å². The van der Waals surface area contributed by atoms with Gasteiger partial charge in [-0.3, -0.25) is 16.0 Å². The molecule has 1 heterocycles. The first-order valence-electron chi connectivity index (χ1n) is 7.65. The van der Waals surface area contributed by atoms with Gasteiger partial charge in [0.2, 0.25) is 0 Å². The molecular formula is C15H30N4. The molecule has 1 aromatic heterocycles. The van der Waals surface area contributed by atoms with Crippen molar-refractivity contribution in [3.63, 3.8) is 0 Å². The maximum atomic E-state index is 5.67. The standard InChI is InChI=1S/C15H30N4/c1-4-5-6-7-8-9-10-11-14(17-16)15-12-13(2)18-19(15)3/h12,14,17H,4-11,16H2,1-3H3. The van der Waals surface area contributed by atoms with Crippen molar-refractivity contribution in [1.29, 1.82) is 0 Å². The molecule has 1 aromatic rings. The quantitative estimate of drug-likeness (QED) is 0.388. The van der Waals surface area contributed by atoms with Gasteiger partial charge in [0, 0.05) is 7.05 Å². The second-order valence-corrected chi connectivity index (χ2v) is 5.46.